The summed E-state index contributed by atoms with van der Waals surface area (Å²) in [6.07, 6.45) is 0. The van der Waals surface area contributed by atoms with Crippen LogP contribution in [0.2, 0.25) is 0 Å². The molecule has 0 saturated carbocycles. The van der Waals surface area contributed by atoms with Gasteiger partial charge in [0.15, 0.2) is 11.7 Å². The first-order chi connectivity index (χ1) is 8.61. The van der Waals surface area contributed by atoms with Crippen LogP contribution < -0.4 is 17.2 Å². The van der Waals surface area contributed by atoms with E-state index in [1.807, 2.05) is 0 Å². The fraction of sp³-hybridized carbons (Fsp3) is 0.111. The average molecular weight is 287 g/mol. The van der Waals surface area contributed by atoms with Gasteiger partial charge in [0.25, 0.3) is 10.1 Å². The molecule has 1 aromatic carbocycles. The maximum Gasteiger partial charge on any atom is 0.298 e. The molecule has 8 N–H and O–H groups in total. The molecule has 0 aliphatic heterocycles. The summed E-state index contributed by atoms with van der Waals surface area (Å²) in [5, 5.41) is 9.72. The molecule has 0 bridgehead atoms. The summed E-state index contributed by atoms with van der Waals surface area (Å²) in [4.78, 5) is 6.39. The summed E-state index contributed by atoms with van der Waals surface area (Å²) in [5.74, 6) is -1.47. The Kier molecular flexibility index (Phi) is 3.97. The number of phenols is 1. The summed E-state index contributed by atoms with van der Waals surface area (Å²) in [6.45, 7) is 1.55. The Bertz CT molecular complexity index is 661. The normalized spacial score (nSPS) is 12.2. The van der Waals surface area contributed by atoms with Crippen LogP contribution in [0.25, 0.3) is 0 Å². The van der Waals surface area contributed by atoms with Gasteiger partial charge in [-0.05, 0) is 24.6 Å². The number of hydrogen-bond acceptors (Lipinski definition) is 4. The van der Waals surface area contributed by atoms with Crippen LogP contribution >= 0.6 is 0 Å². The summed E-state index contributed by atoms with van der Waals surface area (Å²) in [7, 11) is -4.58. The number of nitrogens with zero attached hydrogens (tertiary/aromatic N) is 2. The van der Waals surface area contributed by atoms with Gasteiger partial charge < -0.3 is 22.3 Å². The lowest BCUT2D eigenvalue weighted by atomic mass is 10.2. The van der Waals surface area contributed by atoms with Gasteiger partial charge in [0.1, 0.15) is 10.6 Å². The van der Waals surface area contributed by atoms with Gasteiger partial charge in [-0.1, -0.05) is 0 Å². The molecule has 0 fully saturated rings. The highest BCUT2D eigenvalue weighted by Gasteiger charge is 2.19. The minimum Gasteiger partial charge on any atom is -0.504 e. The number of aliphatic imine (C=N–C) groups is 2. The fourth-order valence-electron chi connectivity index (χ4n) is 1.29. The highest BCUT2D eigenvalue weighted by atomic mass is 32.2. The molecular weight excluding hydrogens is 274 g/mol. The minimum atomic E-state index is -4.58. The third-order valence-electron chi connectivity index (χ3n) is 1.96. The maximum absolute atomic E-state index is 11.1. The van der Waals surface area contributed by atoms with E-state index >= 15 is 0 Å². The van der Waals surface area contributed by atoms with Crippen molar-refractivity contribution in [2.45, 2.75) is 11.8 Å². The summed E-state index contributed by atoms with van der Waals surface area (Å²) >= 11 is 0. The molecule has 19 heavy (non-hydrogen) atoms. The monoisotopic (exact) mass is 287 g/mol. The van der Waals surface area contributed by atoms with E-state index in [-0.39, 0.29) is 17.6 Å². The van der Waals surface area contributed by atoms with Gasteiger partial charge in [-0.3, -0.25) is 4.55 Å². The van der Waals surface area contributed by atoms with Crippen LogP contribution in [0.4, 0.5) is 5.69 Å². The average Bonchev–Trinajstić information content (AvgIpc) is 2.19. The Labute approximate surface area is 109 Å². The van der Waals surface area contributed by atoms with Crippen LogP contribution in [0.5, 0.6) is 5.75 Å². The third kappa shape index (κ3) is 3.82. The van der Waals surface area contributed by atoms with Crippen molar-refractivity contribution in [3.8, 4) is 5.75 Å². The first-order valence-electron chi connectivity index (χ1n) is 4.86. The smallest absolute Gasteiger partial charge is 0.298 e. The van der Waals surface area contributed by atoms with Crippen molar-refractivity contribution >= 4 is 27.7 Å². The van der Waals surface area contributed by atoms with E-state index in [9.17, 15) is 13.5 Å². The highest BCUT2D eigenvalue weighted by molar-refractivity contribution is 7.86. The van der Waals surface area contributed by atoms with Gasteiger partial charge in [-0.2, -0.15) is 13.4 Å². The molecule has 0 spiro atoms. The lowest BCUT2D eigenvalue weighted by molar-refractivity contribution is 0.444. The number of guanidine groups is 2. The van der Waals surface area contributed by atoms with E-state index in [4.69, 9.17) is 21.8 Å². The Hall–Kier alpha value is -2.33. The van der Waals surface area contributed by atoms with E-state index in [0.29, 0.717) is 5.56 Å². The van der Waals surface area contributed by atoms with Crippen molar-refractivity contribution in [2.75, 3.05) is 0 Å². The number of benzene rings is 1. The quantitative estimate of drug-likeness (QED) is 0.267. The van der Waals surface area contributed by atoms with Crippen molar-refractivity contribution < 1.29 is 18.1 Å². The largest absolute Gasteiger partial charge is 0.504 e. The summed E-state index contributed by atoms with van der Waals surface area (Å²) in [6, 6.07) is 2.43. The van der Waals surface area contributed by atoms with Gasteiger partial charge in [0.05, 0.1) is 0 Å². The van der Waals surface area contributed by atoms with E-state index in [1.165, 1.54) is 6.07 Å². The standard InChI is InChI=1S/C9H13N5O4S/c1-4-2-5(13-9(12)14-8(10)11)7(15)6(3-4)19(16,17)18/h2-3,15H,1H3,(H,16,17,18)(H6,10,11,12,13,14). The lowest BCUT2D eigenvalue weighted by Gasteiger charge is -2.06. The zero-order valence-corrected chi connectivity index (χ0v) is 10.7. The van der Waals surface area contributed by atoms with E-state index < -0.39 is 20.8 Å². The van der Waals surface area contributed by atoms with Gasteiger partial charge in [-0.25, -0.2) is 4.99 Å². The van der Waals surface area contributed by atoms with Gasteiger partial charge in [0, 0.05) is 0 Å². The zero-order valence-electron chi connectivity index (χ0n) is 9.90. The number of rotatable bonds is 2. The molecule has 0 heterocycles. The molecule has 104 valence electrons. The molecule has 9 nitrogen and oxygen atoms in total. The molecule has 0 aliphatic rings. The SMILES string of the molecule is Cc1cc(N=C(N)N=C(N)N)c(O)c(S(=O)(=O)O)c1. The van der Waals surface area contributed by atoms with Crippen LogP contribution in [0.3, 0.4) is 0 Å². The topological polar surface area (TPSA) is 177 Å². The van der Waals surface area contributed by atoms with Crippen LogP contribution in [0, 0.1) is 6.92 Å². The molecule has 0 unspecified atom stereocenters. The van der Waals surface area contributed by atoms with Crippen molar-refractivity contribution in [1.29, 1.82) is 0 Å². The molecule has 0 amide bonds. The molecule has 1 rings (SSSR count). The number of aryl methyl sites for hydroxylation is 1. The molecule has 0 atom stereocenters. The van der Waals surface area contributed by atoms with Crippen molar-refractivity contribution in [3.63, 3.8) is 0 Å². The fourth-order valence-corrected chi connectivity index (χ4v) is 1.97. The zero-order chi connectivity index (χ0) is 14.8. The van der Waals surface area contributed by atoms with Gasteiger partial charge in [-0.15, -0.1) is 0 Å². The second kappa shape index (κ2) is 5.12. The van der Waals surface area contributed by atoms with E-state index in [0.717, 1.165) is 6.07 Å². The van der Waals surface area contributed by atoms with Crippen LogP contribution in [0.15, 0.2) is 27.0 Å². The number of aromatic hydroxyl groups is 1. The first kappa shape index (κ1) is 14.7. The molecule has 1 aromatic rings. The Balaban J connectivity index is 3.47. The predicted molar refractivity (Wildman–Crippen MR) is 69.8 cm³/mol. The van der Waals surface area contributed by atoms with Crippen LogP contribution in [-0.2, 0) is 10.1 Å². The first-order valence-corrected chi connectivity index (χ1v) is 6.30. The van der Waals surface area contributed by atoms with Crippen molar-refractivity contribution in [1.82, 2.24) is 0 Å². The molecular formula is C9H13N5O4S. The summed E-state index contributed by atoms with van der Waals surface area (Å²) in [5.41, 5.74) is 15.8. The number of nitrogens with two attached hydrogens (primary N) is 3. The Morgan fingerprint density at radius 1 is 1.26 bits per heavy atom. The molecule has 0 aliphatic carbocycles. The maximum atomic E-state index is 11.1. The lowest BCUT2D eigenvalue weighted by Crippen LogP contribution is -2.26. The third-order valence-corrected chi connectivity index (χ3v) is 2.82. The van der Waals surface area contributed by atoms with Crippen molar-refractivity contribution in [3.05, 3.63) is 17.7 Å². The van der Waals surface area contributed by atoms with Crippen LogP contribution in [0.1, 0.15) is 5.56 Å². The second-order valence-corrected chi connectivity index (χ2v) is 5.00. The van der Waals surface area contributed by atoms with Gasteiger partial charge in [0.2, 0.25) is 5.96 Å². The summed E-state index contributed by atoms with van der Waals surface area (Å²) < 4.78 is 31.1. The Morgan fingerprint density at radius 3 is 2.32 bits per heavy atom. The Morgan fingerprint density at radius 2 is 1.84 bits per heavy atom. The highest BCUT2D eigenvalue weighted by Crippen LogP contribution is 2.34. The van der Waals surface area contributed by atoms with E-state index in [1.54, 1.807) is 6.92 Å². The molecule has 0 radical (unpaired) electrons. The second-order valence-electron chi connectivity index (χ2n) is 3.61. The van der Waals surface area contributed by atoms with Crippen LogP contribution in [-0.4, -0.2) is 30.0 Å². The number of phenolic OH excluding ortho intramolecular Hbond substituents is 1. The van der Waals surface area contributed by atoms with Crippen molar-refractivity contribution in [2.24, 2.45) is 27.2 Å². The van der Waals surface area contributed by atoms with E-state index in [2.05, 4.69) is 9.98 Å². The molecule has 10 heteroatoms. The molecule has 0 aromatic heterocycles. The van der Waals surface area contributed by atoms with Gasteiger partial charge >= 0.3 is 0 Å². The predicted octanol–water partition coefficient (Wildman–Crippen LogP) is -0.833. The molecule has 0 saturated heterocycles. The minimum absolute atomic E-state index is 0.185. The number of hydrogen-bond donors (Lipinski definition) is 5.